The largest absolute Gasteiger partial charge is 0.328 e. The number of nitrogens with two attached hydrogens (primary N) is 1. The molecule has 0 fully saturated rings. The maximum Gasteiger partial charge on any atom is 0.00388 e. The Morgan fingerprint density at radius 3 is 2.24 bits per heavy atom. The molecule has 3 N–H and O–H groups in total. The molecule has 0 aromatic heterocycles. The fraction of sp³-hybridized carbons (Fsp3) is 1.00. The molecule has 0 bridgehead atoms. The summed E-state index contributed by atoms with van der Waals surface area (Å²) in [6.45, 7) is 10.2. The van der Waals surface area contributed by atoms with E-state index in [9.17, 15) is 0 Å². The van der Waals surface area contributed by atoms with E-state index in [4.69, 9.17) is 5.73 Å². The molecular formula is C15H34N2. The van der Waals surface area contributed by atoms with Gasteiger partial charge in [-0.25, -0.2) is 0 Å². The van der Waals surface area contributed by atoms with E-state index in [1.54, 1.807) is 0 Å². The van der Waals surface area contributed by atoms with Gasteiger partial charge in [-0.2, -0.15) is 0 Å². The smallest absolute Gasteiger partial charge is 0.00388 e. The Hall–Kier alpha value is -0.0800. The zero-order valence-corrected chi connectivity index (χ0v) is 12.5. The predicted molar refractivity (Wildman–Crippen MR) is 78.3 cm³/mol. The van der Waals surface area contributed by atoms with Gasteiger partial charge in [-0.15, -0.1) is 0 Å². The molecule has 0 aliphatic rings. The number of nitrogens with one attached hydrogen (secondary N) is 1. The van der Waals surface area contributed by atoms with E-state index in [0.717, 1.165) is 18.9 Å². The van der Waals surface area contributed by atoms with E-state index in [1.807, 2.05) is 0 Å². The maximum absolute atomic E-state index is 5.75. The lowest BCUT2D eigenvalue weighted by molar-refractivity contribution is 0.405. The topological polar surface area (TPSA) is 38.0 Å². The minimum Gasteiger partial charge on any atom is -0.328 e. The number of unbranched alkanes of at least 4 members (excludes halogenated alkanes) is 2. The SMILES string of the molecule is CCCCCC(C)NCC(C)CCCC(C)N. The molecule has 2 nitrogen and oxygen atoms in total. The lowest BCUT2D eigenvalue weighted by atomic mass is 10.0. The summed E-state index contributed by atoms with van der Waals surface area (Å²) in [5.74, 6) is 0.780. The van der Waals surface area contributed by atoms with Crippen molar-refractivity contribution in [3.63, 3.8) is 0 Å². The van der Waals surface area contributed by atoms with Gasteiger partial charge >= 0.3 is 0 Å². The molecule has 104 valence electrons. The van der Waals surface area contributed by atoms with Gasteiger partial charge in [-0.3, -0.25) is 0 Å². The summed E-state index contributed by atoms with van der Waals surface area (Å²) in [4.78, 5) is 0. The van der Waals surface area contributed by atoms with E-state index in [2.05, 4.69) is 33.0 Å². The van der Waals surface area contributed by atoms with Crippen molar-refractivity contribution < 1.29 is 0 Å². The average Bonchev–Trinajstić information content (AvgIpc) is 2.26. The van der Waals surface area contributed by atoms with Crippen LogP contribution in [0.3, 0.4) is 0 Å². The monoisotopic (exact) mass is 242 g/mol. The Labute approximate surface area is 109 Å². The minimum absolute atomic E-state index is 0.364. The second-order valence-electron chi connectivity index (χ2n) is 5.82. The van der Waals surface area contributed by atoms with Crippen LogP contribution in [0, 0.1) is 5.92 Å². The van der Waals surface area contributed by atoms with E-state index in [1.165, 1.54) is 38.5 Å². The first-order chi connectivity index (χ1) is 8.06. The van der Waals surface area contributed by atoms with Crippen molar-refractivity contribution in [2.24, 2.45) is 11.7 Å². The Bertz CT molecular complexity index is 157. The van der Waals surface area contributed by atoms with Crippen molar-refractivity contribution in [1.29, 1.82) is 0 Å². The van der Waals surface area contributed by atoms with Gasteiger partial charge in [0.25, 0.3) is 0 Å². The van der Waals surface area contributed by atoms with Crippen LogP contribution in [0.1, 0.15) is 72.6 Å². The fourth-order valence-corrected chi connectivity index (χ4v) is 2.10. The highest BCUT2D eigenvalue weighted by molar-refractivity contribution is 4.65. The lowest BCUT2D eigenvalue weighted by Crippen LogP contribution is -2.30. The van der Waals surface area contributed by atoms with Crippen molar-refractivity contribution in [3.8, 4) is 0 Å². The highest BCUT2D eigenvalue weighted by Gasteiger charge is 2.06. The van der Waals surface area contributed by atoms with Crippen LogP contribution in [0.25, 0.3) is 0 Å². The molecule has 0 aromatic rings. The van der Waals surface area contributed by atoms with Crippen molar-refractivity contribution >= 4 is 0 Å². The van der Waals surface area contributed by atoms with E-state index in [0.29, 0.717) is 12.1 Å². The van der Waals surface area contributed by atoms with Gasteiger partial charge in [0.05, 0.1) is 0 Å². The zero-order valence-electron chi connectivity index (χ0n) is 12.5. The normalized spacial score (nSPS) is 16.8. The number of hydrogen-bond acceptors (Lipinski definition) is 2. The summed E-state index contributed by atoms with van der Waals surface area (Å²) in [7, 11) is 0. The third-order valence-electron chi connectivity index (χ3n) is 3.41. The number of hydrogen-bond donors (Lipinski definition) is 2. The molecular weight excluding hydrogens is 208 g/mol. The van der Waals surface area contributed by atoms with Gasteiger partial charge in [0.2, 0.25) is 0 Å². The molecule has 0 aromatic carbocycles. The molecule has 0 aliphatic heterocycles. The highest BCUT2D eigenvalue weighted by Crippen LogP contribution is 2.09. The van der Waals surface area contributed by atoms with Crippen LogP contribution in [0.2, 0.25) is 0 Å². The second kappa shape index (κ2) is 11.0. The summed E-state index contributed by atoms with van der Waals surface area (Å²) in [5.41, 5.74) is 5.75. The van der Waals surface area contributed by atoms with Gasteiger partial charge < -0.3 is 11.1 Å². The van der Waals surface area contributed by atoms with Crippen LogP contribution in [-0.2, 0) is 0 Å². The molecule has 3 unspecified atom stereocenters. The van der Waals surface area contributed by atoms with Crippen LogP contribution < -0.4 is 11.1 Å². The molecule has 17 heavy (non-hydrogen) atoms. The minimum atomic E-state index is 0.364. The summed E-state index contributed by atoms with van der Waals surface area (Å²) in [6, 6.07) is 1.04. The van der Waals surface area contributed by atoms with Crippen LogP contribution in [0.4, 0.5) is 0 Å². The Morgan fingerprint density at radius 2 is 1.65 bits per heavy atom. The van der Waals surface area contributed by atoms with Crippen LogP contribution >= 0.6 is 0 Å². The van der Waals surface area contributed by atoms with Crippen molar-refractivity contribution in [1.82, 2.24) is 5.32 Å². The zero-order chi connectivity index (χ0) is 13.1. The van der Waals surface area contributed by atoms with Gasteiger partial charge in [0, 0.05) is 12.1 Å². The molecule has 0 spiro atoms. The molecule has 0 aliphatic carbocycles. The number of rotatable bonds is 11. The second-order valence-corrected chi connectivity index (χ2v) is 5.82. The standard InChI is InChI=1S/C15H34N2/c1-5-6-7-11-15(4)17-12-13(2)9-8-10-14(3)16/h13-15,17H,5-12,16H2,1-4H3. The van der Waals surface area contributed by atoms with Crippen LogP contribution in [0.15, 0.2) is 0 Å². The summed E-state index contributed by atoms with van der Waals surface area (Å²) >= 11 is 0. The summed E-state index contributed by atoms with van der Waals surface area (Å²) < 4.78 is 0. The van der Waals surface area contributed by atoms with Crippen molar-refractivity contribution in [3.05, 3.63) is 0 Å². The first kappa shape index (κ1) is 16.9. The molecule has 2 heteroatoms. The lowest BCUT2D eigenvalue weighted by Gasteiger charge is -2.18. The summed E-state index contributed by atoms with van der Waals surface area (Å²) in [6.07, 6.45) is 9.11. The van der Waals surface area contributed by atoms with Gasteiger partial charge in [0.1, 0.15) is 0 Å². The van der Waals surface area contributed by atoms with Crippen molar-refractivity contribution in [2.45, 2.75) is 84.7 Å². The quantitative estimate of drug-likeness (QED) is 0.542. The van der Waals surface area contributed by atoms with Crippen LogP contribution in [-0.4, -0.2) is 18.6 Å². The predicted octanol–water partition coefficient (Wildman–Crippen LogP) is 3.70. The average molecular weight is 242 g/mol. The van der Waals surface area contributed by atoms with Gasteiger partial charge in [-0.1, -0.05) is 39.5 Å². The molecule has 3 atom stereocenters. The third kappa shape index (κ3) is 12.2. The molecule has 0 saturated carbocycles. The molecule has 0 radical (unpaired) electrons. The highest BCUT2D eigenvalue weighted by atomic mass is 14.9. The van der Waals surface area contributed by atoms with Crippen molar-refractivity contribution in [2.75, 3.05) is 6.54 Å². The van der Waals surface area contributed by atoms with Crippen LogP contribution in [0.5, 0.6) is 0 Å². The molecule has 0 saturated heterocycles. The summed E-state index contributed by atoms with van der Waals surface area (Å²) in [5, 5.41) is 3.65. The van der Waals surface area contributed by atoms with E-state index in [-0.39, 0.29) is 0 Å². The Balaban J connectivity index is 3.38. The van der Waals surface area contributed by atoms with E-state index >= 15 is 0 Å². The van der Waals surface area contributed by atoms with Gasteiger partial charge in [-0.05, 0) is 45.6 Å². The molecule has 0 heterocycles. The van der Waals surface area contributed by atoms with Gasteiger partial charge in [0.15, 0.2) is 0 Å². The maximum atomic E-state index is 5.75. The van der Waals surface area contributed by atoms with E-state index < -0.39 is 0 Å². The molecule has 0 amide bonds. The molecule has 0 rings (SSSR count). The Kier molecular flexibility index (Phi) is 11.0. The Morgan fingerprint density at radius 1 is 0.941 bits per heavy atom. The third-order valence-corrected chi connectivity index (χ3v) is 3.41. The first-order valence-electron chi connectivity index (χ1n) is 7.55. The fourth-order valence-electron chi connectivity index (χ4n) is 2.10. The first-order valence-corrected chi connectivity index (χ1v) is 7.55.